The highest BCUT2D eigenvalue weighted by atomic mass is 16.6. The third-order valence-corrected chi connectivity index (χ3v) is 4.67. The Kier molecular flexibility index (Phi) is 5.08. The molecule has 0 aromatic heterocycles. The van der Waals surface area contributed by atoms with E-state index < -0.39 is 17.7 Å². The molecule has 2 aliphatic heterocycles. The van der Waals surface area contributed by atoms with Gasteiger partial charge < -0.3 is 14.2 Å². The van der Waals surface area contributed by atoms with Gasteiger partial charge in [0, 0.05) is 6.42 Å². The molecule has 2 saturated heterocycles. The quantitative estimate of drug-likeness (QED) is 0.551. The Morgan fingerprint density at radius 2 is 2.18 bits per heavy atom. The van der Waals surface area contributed by atoms with E-state index in [0.717, 1.165) is 6.42 Å². The molecule has 1 aliphatic carbocycles. The monoisotopic (exact) mass is 312 g/mol. The first-order chi connectivity index (χ1) is 10.4. The second-order valence-corrected chi connectivity index (χ2v) is 6.41. The first-order valence-electron chi connectivity index (χ1n) is 7.94. The molecule has 6 nitrogen and oxygen atoms in total. The number of ether oxygens (including phenoxy) is 3. The van der Waals surface area contributed by atoms with Crippen LogP contribution < -0.4 is 0 Å². The third-order valence-electron chi connectivity index (χ3n) is 4.67. The van der Waals surface area contributed by atoms with Gasteiger partial charge in [0.25, 0.3) is 0 Å². The van der Waals surface area contributed by atoms with Crippen molar-refractivity contribution in [3.8, 4) is 0 Å². The maximum Gasteiger partial charge on any atom is 0.309 e. The number of fused-ring (bicyclic) bond motifs is 3. The van der Waals surface area contributed by atoms with Gasteiger partial charge in [0.2, 0.25) is 0 Å². The first kappa shape index (κ1) is 16.8. The van der Waals surface area contributed by atoms with Gasteiger partial charge in [-0.25, -0.2) is 0 Å². The normalized spacial score (nSPS) is 31.3. The zero-order valence-electron chi connectivity index (χ0n) is 13.4. The second-order valence-electron chi connectivity index (χ2n) is 6.41. The van der Waals surface area contributed by atoms with Crippen molar-refractivity contribution in [2.24, 2.45) is 11.8 Å². The highest BCUT2D eigenvalue weighted by molar-refractivity contribution is 5.76. The highest BCUT2D eigenvalue weighted by Gasteiger charge is 2.52. The topological polar surface area (TPSA) is 78.9 Å². The van der Waals surface area contributed by atoms with Crippen molar-refractivity contribution in [1.29, 1.82) is 0 Å². The summed E-state index contributed by atoms with van der Waals surface area (Å²) >= 11 is 0. The summed E-state index contributed by atoms with van der Waals surface area (Å²) in [6.07, 6.45) is 2.35. The molecule has 22 heavy (non-hydrogen) atoms. The molecule has 0 radical (unpaired) electrons. The molecule has 3 aliphatic rings. The minimum atomic E-state index is -0.713. The van der Waals surface area contributed by atoms with Gasteiger partial charge in [-0.2, -0.15) is 0 Å². The molecule has 3 fully saturated rings. The van der Waals surface area contributed by atoms with Crippen LogP contribution in [0.25, 0.3) is 0 Å². The van der Waals surface area contributed by atoms with Gasteiger partial charge in [0.05, 0.1) is 18.3 Å². The van der Waals surface area contributed by atoms with Crippen molar-refractivity contribution >= 4 is 17.9 Å². The van der Waals surface area contributed by atoms with Crippen molar-refractivity contribution in [3.05, 3.63) is 0 Å². The molecule has 0 N–H and O–H groups in total. The van der Waals surface area contributed by atoms with Crippen LogP contribution in [-0.2, 0) is 28.6 Å². The summed E-state index contributed by atoms with van der Waals surface area (Å²) in [4.78, 5) is 35.0. The van der Waals surface area contributed by atoms with Crippen LogP contribution in [0.2, 0.25) is 0 Å². The fraction of sp³-hybridized carbons (Fsp3) is 0.812. The molecule has 1 saturated carbocycles. The number of hydrogen-bond acceptors (Lipinski definition) is 6. The number of esters is 3. The summed E-state index contributed by atoms with van der Waals surface area (Å²) in [6.45, 7) is 5.52. The van der Waals surface area contributed by atoms with Gasteiger partial charge in [-0.1, -0.05) is 13.8 Å². The minimum absolute atomic E-state index is 0.0212. The van der Waals surface area contributed by atoms with Crippen LogP contribution in [0.4, 0.5) is 0 Å². The Balaban J connectivity index is 1.76. The van der Waals surface area contributed by atoms with Crippen molar-refractivity contribution in [3.63, 3.8) is 0 Å². The van der Waals surface area contributed by atoms with Gasteiger partial charge in [-0.05, 0) is 26.2 Å². The molecule has 4 atom stereocenters. The van der Waals surface area contributed by atoms with Crippen LogP contribution in [-0.4, -0.2) is 36.2 Å². The molecule has 0 aromatic rings. The van der Waals surface area contributed by atoms with E-state index in [2.05, 4.69) is 0 Å². The molecule has 0 spiro atoms. The predicted octanol–water partition coefficient (Wildman–Crippen LogP) is 1.99. The van der Waals surface area contributed by atoms with Gasteiger partial charge in [0.15, 0.2) is 0 Å². The van der Waals surface area contributed by atoms with Gasteiger partial charge in [-0.3, -0.25) is 14.4 Å². The molecule has 4 unspecified atom stereocenters. The number of carbonyl (C=O) groups excluding carboxylic acids is 3. The Labute approximate surface area is 130 Å². The SMILES string of the molecule is CCC(C)C(=O)OCCC(=O)OC1CC2CCC1(C)OC2=O. The number of rotatable bonds is 6. The van der Waals surface area contributed by atoms with Gasteiger partial charge in [0.1, 0.15) is 18.3 Å². The van der Waals surface area contributed by atoms with Crippen LogP contribution >= 0.6 is 0 Å². The molecule has 0 amide bonds. The highest BCUT2D eigenvalue weighted by Crippen LogP contribution is 2.43. The second kappa shape index (κ2) is 6.67. The lowest BCUT2D eigenvalue weighted by Gasteiger charge is -2.47. The lowest BCUT2D eigenvalue weighted by molar-refractivity contribution is -0.218. The van der Waals surface area contributed by atoms with E-state index in [1.807, 2.05) is 6.92 Å². The summed E-state index contributed by atoms with van der Waals surface area (Å²) in [5.41, 5.74) is -0.713. The largest absolute Gasteiger partial charge is 0.465 e. The minimum Gasteiger partial charge on any atom is -0.465 e. The number of carbonyl (C=O) groups is 3. The maximum atomic E-state index is 11.9. The lowest BCUT2D eigenvalue weighted by Crippen LogP contribution is -2.57. The predicted molar refractivity (Wildman–Crippen MR) is 76.7 cm³/mol. The Morgan fingerprint density at radius 1 is 1.45 bits per heavy atom. The van der Waals surface area contributed by atoms with Crippen LogP contribution in [0.5, 0.6) is 0 Å². The Hall–Kier alpha value is -1.59. The average molecular weight is 312 g/mol. The van der Waals surface area contributed by atoms with Crippen LogP contribution in [0, 0.1) is 11.8 Å². The van der Waals surface area contributed by atoms with E-state index in [4.69, 9.17) is 14.2 Å². The zero-order valence-corrected chi connectivity index (χ0v) is 13.4. The van der Waals surface area contributed by atoms with Crippen LogP contribution in [0.3, 0.4) is 0 Å². The van der Waals surface area contributed by atoms with Crippen molar-refractivity contribution in [1.82, 2.24) is 0 Å². The van der Waals surface area contributed by atoms with Crippen LogP contribution in [0.1, 0.15) is 52.9 Å². The molecular weight excluding hydrogens is 288 g/mol. The average Bonchev–Trinajstić information content (AvgIpc) is 2.47. The number of hydrogen-bond donors (Lipinski definition) is 0. The van der Waals surface area contributed by atoms with Crippen molar-refractivity contribution in [2.45, 2.75) is 64.6 Å². The Morgan fingerprint density at radius 3 is 2.77 bits per heavy atom. The fourth-order valence-electron chi connectivity index (χ4n) is 2.83. The summed E-state index contributed by atoms with van der Waals surface area (Å²) in [5.74, 6) is -1.24. The van der Waals surface area contributed by atoms with E-state index in [1.54, 1.807) is 13.8 Å². The molecule has 2 bridgehead atoms. The van der Waals surface area contributed by atoms with E-state index in [1.165, 1.54) is 0 Å². The van der Waals surface area contributed by atoms with E-state index >= 15 is 0 Å². The van der Waals surface area contributed by atoms with E-state index in [9.17, 15) is 14.4 Å². The smallest absolute Gasteiger partial charge is 0.309 e. The van der Waals surface area contributed by atoms with Crippen molar-refractivity contribution < 1.29 is 28.6 Å². The third kappa shape index (κ3) is 3.59. The van der Waals surface area contributed by atoms with E-state index in [0.29, 0.717) is 19.3 Å². The molecular formula is C16H24O6. The van der Waals surface area contributed by atoms with E-state index in [-0.39, 0.29) is 36.8 Å². The molecule has 0 aromatic carbocycles. The van der Waals surface area contributed by atoms with Gasteiger partial charge in [-0.15, -0.1) is 0 Å². The molecule has 124 valence electrons. The Bertz CT molecular complexity index is 460. The fourth-order valence-corrected chi connectivity index (χ4v) is 2.83. The van der Waals surface area contributed by atoms with Crippen LogP contribution in [0.15, 0.2) is 0 Å². The maximum absolute atomic E-state index is 11.9. The van der Waals surface area contributed by atoms with Gasteiger partial charge >= 0.3 is 17.9 Å². The molecule has 2 heterocycles. The summed E-state index contributed by atoms with van der Waals surface area (Å²) in [7, 11) is 0. The first-order valence-corrected chi connectivity index (χ1v) is 7.94. The zero-order chi connectivity index (χ0) is 16.3. The lowest BCUT2D eigenvalue weighted by atomic mass is 9.74. The summed E-state index contributed by atoms with van der Waals surface area (Å²) in [5, 5.41) is 0. The van der Waals surface area contributed by atoms with Crippen molar-refractivity contribution in [2.75, 3.05) is 6.61 Å². The summed E-state index contributed by atoms with van der Waals surface area (Å²) < 4.78 is 15.8. The molecule has 6 heteroatoms. The molecule has 3 rings (SSSR count). The standard InChI is InChI=1S/C16H24O6/c1-4-10(2)14(18)20-8-6-13(17)21-12-9-11-5-7-16(12,3)22-15(11)19/h10-12H,4-9H2,1-3H3. The summed E-state index contributed by atoms with van der Waals surface area (Å²) in [6, 6.07) is 0.